The Kier molecular flexibility index (Phi) is 7.74. The lowest BCUT2D eigenvalue weighted by Crippen LogP contribution is -2.36. The monoisotopic (exact) mass is 478 g/mol. The highest BCUT2D eigenvalue weighted by Gasteiger charge is 2.31. The molecule has 1 heterocycles. The van der Waals surface area contributed by atoms with Gasteiger partial charge in [0.15, 0.2) is 5.78 Å². The number of amides is 1. The predicted octanol–water partition coefficient (Wildman–Crippen LogP) is 5.71. The van der Waals surface area contributed by atoms with Crippen molar-refractivity contribution in [3.8, 4) is 5.75 Å². The van der Waals surface area contributed by atoms with Crippen molar-refractivity contribution < 1.29 is 32.2 Å². The zero-order valence-electron chi connectivity index (χ0n) is 19.4. The van der Waals surface area contributed by atoms with Crippen molar-refractivity contribution in [1.29, 1.82) is 0 Å². The normalized spacial score (nSPS) is 15.1. The third-order valence-electron chi connectivity index (χ3n) is 5.38. The smallest absolute Gasteiger partial charge is 0.444 e. The second-order valence-electron chi connectivity index (χ2n) is 9.22. The minimum Gasteiger partial charge on any atom is -0.444 e. The molecular formula is C25H29F3N2O4. The molecular weight excluding hydrogens is 449 g/mol. The summed E-state index contributed by atoms with van der Waals surface area (Å²) in [5, 5.41) is 2.73. The van der Waals surface area contributed by atoms with Crippen molar-refractivity contribution in [3.05, 3.63) is 59.7 Å². The van der Waals surface area contributed by atoms with Gasteiger partial charge in [0.05, 0.1) is 0 Å². The van der Waals surface area contributed by atoms with Crippen molar-refractivity contribution in [2.75, 3.05) is 18.0 Å². The van der Waals surface area contributed by atoms with E-state index in [-0.39, 0.29) is 17.5 Å². The van der Waals surface area contributed by atoms with Crippen molar-refractivity contribution in [3.63, 3.8) is 0 Å². The number of carbonyl (C=O) groups excluding carboxylic acids is 2. The lowest BCUT2D eigenvalue weighted by atomic mass is 9.88. The average Bonchev–Trinajstić information content (AvgIpc) is 2.76. The molecule has 0 aromatic heterocycles. The van der Waals surface area contributed by atoms with E-state index in [1.165, 1.54) is 12.1 Å². The highest BCUT2D eigenvalue weighted by atomic mass is 19.4. The first-order chi connectivity index (χ1) is 15.9. The molecule has 34 heavy (non-hydrogen) atoms. The Bertz CT molecular complexity index is 975. The van der Waals surface area contributed by atoms with Gasteiger partial charge in [-0.2, -0.15) is 0 Å². The van der Waals surface area contributed by atoms with Crippen LogP contribution in [0, 0.1) is 5.92 Å². The van der Waals surface area contributed by atoms with Crippen LogP contribution in [0.25, 0.3) is 0 Å². The number of Topliss-reactive ketones (excluding diaryl/α,β-unsaturated/α-hetero) is 1. The molecule has 6 nitrogen and oxygen atoms in total. The van der Waals surface area contributed by atoms with E-state index in [9.17, 15) is 22.8 Å². The molecule has 0 bridgehead atoms. The SMILES string of the molecule is CC(C)(C)OC(=O)NCc1ccc(N2CCC(C(=O)c3ccc(OC(F)(F)F)cc3)CC2)cc1. The number of benzene rings is 2. The number of halogens is 3. The van der Waals surface area contributed by atoms with E-state index in [1.54, 1.807) is 20.8 Å². The molecule has 1 saturated heterocycles. The molecule has 1 aliphatic rings. The molecule has 0 atom stereocenters. The first-order valence-corrected chi connectivity index (χ1v) is 11.1. The molecule has 0 aliphatic carbocycles. The van der Waals surface area contributed by atoms with Crippen LogP contribution in [0.1, 0.15) is 49.5 Å². The van der Waals surface area contributed by atoms with Gasteiger partial charge in [-0.15, -0.1) is 13.2 Å². The molecule has 184 valence electrons. The molecule has 1 fully saturated rings. The number of carbonyl (C=O) groups is 2. The van der Waals surface area contributed by atoms with Crippen molar-refractivity contribution in [1.82, 2.24) is 5.32 Å². The number of ether oxygens (including phenoxy) is 2. The number of hydrogen-bond acceptors (Lipinski definition) is 5. The van der Waals surface area contributed by atoms with Crippen LogP contribution in [-0.2, 0) is 11.3 Å². The van der Waals surface area contributed by atoms with Gasteiger partial charge in [-0.05, 0) is 75.6 Å². The van der Waals surface area contributed by atoms with Gasteiger partial charge in [0.2, 0.25) is 0 Å². The number of ketones is 1. The van der Waals surface area contributed by atoms with Crippen LogP contribution in [-0.4, -0.2) is 36.9 Å². The largest absolute Gasteiger partial charge is 0.573 e. The summed E-state index contributed by atoms with van der Waals surface area (Å²) >= 11 is 0. The third kappa shape index (κ3) is 7.67. The van der Waals surface area contributed by atoms with E-state index < -0.39 is 18.1 Å². The predicted molar refractivity (Wildman–Crippen MR) is 122 cm³/mol. The van der Waals surface area contributed by atoms with Crippen molar-refractivity contribution >= 4 is 17.6 Å². The molecule has 0 saturated carbocycles. The second kappa shape index (κ2) is 10.4. The van der Waals surface area contributed by atoms with Crippen molar-refractivity contribution in [2.24, 2.45) is 5.92 Å². The summed E-state index contributed by atoms with van der Waals surface area (Å²) in [5.74, 6) is -0.590. The van der Waals surface area contributed by atoms with E-state index in [4.69, 9.17) is 4.74 Å². The Morgan fingerprint density at radius 3 is 2.09 bits per heavy atom. The summed E-state index contributed by atoms with van der Waals surface area (Å²) in [6, 6.07) is 12.9. The lowest BCUT2D eigenvalue weighted by Gasteiger charge is -2.33. The van der Waals surface area contributed by atoms with Crippen LogP contribution in [0.4, 0.5) is 23.7 Å². The van der Waals surface area contributed by atoms with Gasteiger partial charge >= 0.3 is 12.5 Å². The molecule has 0 spiro atoms. The number of nitrogens with zero attached hydrogens (tertiary/aromatic N) is 1. The van der Waals surface area contributed by atoms with Crippen LogP contribution in [0.2, 0.25) is 0 Å². The van der Waals surface area contributed by atoms with Crippen LogP contribution in [0.15, 0.2) is 48.5 Å². The molecule has 1 amide bonds. The Morgan fingerprint density at radius 2 is 1.56 bits per heavy atom. The Labute approximate surface area is 197 Å². The van der Waals surface area contributed by atoms with Crippen LogP contribution >= 0.6 is 0 Å². The van der Waals surface area contributed by atoms with Gasteiger partial charge in [0.25, 0.3) is 0 Å². The van der Waals surface area contributed by atoms with Crippen LogP contribution in [0.3, 0.4) is 0 Å². The number of alkyl halides is 3. The number of piperidine rings is 1. The minimum atomic E-state index is -4.76. The summed E-state index contributed by atoms with van der Waals surface area (Å²) < 4.78 is 46.0. The van der Waals surface area contributed by atoms with E-state index in [0.717, 1.165) is 23.4 Å². The van der Waals surface area contributed by atoms with Crippen LogP contribution < -0.4 is 15.0 Å². The van der Waals surface area contributed by atoms with Gasteiger partial charge in [-0.25, -0.2) is 4.79 Å². The number of alkyl carbamates (subject to hydrolysis) is 1. The molecule has 1 aliphatic heterocycles. The number of anilines is 1. The molecule has 0 radical (unpaired) electrons. The topological polar surface area (TPSA) is 67.9 Å². The molecule has 1 N–H and O–H groups in total. The number of rotatable bonds is 6. The third-order valence-corrected chi connectivity index (χ3v) is 5.38. The second-order valence-corrected chi connectivity index (χ2v) is 9.22. The maximum atomic E-state index is 12.8. The summed E-state index contributed by atoms with van der Waals surface area (Å²) in [7, 11) is 0. The first-order valence-electron chi connectivity index (χ1n) is 11.1. The Balaban J connectivity index is 1.48. The quantitative estimate of drug-likeness (QED) is 0.539. The van der Waals surface area contributed by atoms with E-state index >= 15 is 0 Å². The van der Waals surface area contributed by atoms with Gasteiger partial charge in [0.1, 0.15) is 11.4 Å². The fourth-order valence-corrected chi connectivity index (χ4v) is 3.77. The summed E-state index contributed by atoms with van der Waals surface area (Å²) in [5.41, 5.74) is 1.81. The molecule has 3 rings (SSSR count). The van der Waals surface area contributed by atoms with Crippen molar-refractivity contribution in [2.45, 2.75) is 52.1 Å². The van der Waals surface area contributed by atoms with Gasteiger partial charge in [-0.1, -0.05) is 12.1 Å². The molecule has 9 heteroatoms. The highest BCUT2D eigenvalue weighted by Crippen LogP contribution is 2.28. The fraction of sp³-hybridized carbons (Fsp3) is 0.440. The van der Waals surface area contributed by atoms with Crippen LogP contribution in [0.5, 0.6) is 5.75 Å². The standard InChI is InChI=1S/C25H29F3N2O4/c1-24(2,3)34-23(32)29-16-17-4-8-20(9-5-17)30-14-12-19(13-15-30)22(31)18-6-10-21(11-7-18)33-25(26,27)28/h4-11,19H,12-16H2,1-3H3,(H,29,32). The zero-order chi connectivity index (χ0) is 24.9. The lowest BCUT2D eigenvalue weighted by molar-refractivity contribution is -0.274. The minimum absolute atomic E-state index is 0.0678. The highest BCUT2D eigenvalue weighted by molar-refractivity contribution is 5.98. The molecule has 2 aromatic carbocycles. The summed E-state index contributed by atoms with van der Waals surface area (Å²) in [4.78, 5) is 26.7. The molecule has 2 aromatic rings. The fourth-order valence-electron chi connectivity index (χ4n) is 3.77. The summed E-state index contributed by atoms with van der Waals surface area (Å²) in [6.45, 7) is 7.17. The maximum Gasteiger partial charge on any atom is 0.573 e. The maximum absolute atomic E-state index is 12.8. The van der Waals surface area contributed by atoms with Gasteiger partial charge < -0.3 is 19.7 Å². The Morgan fingerprint density at radius 1 is 0.971 bits per heavy atom. The zero-order valence-corrected chi connectivity index (χ0v) is 19.4. The van der Waals surface area contributed by atoms with E-state index in [2.05, 4.69) is 15.0 Å². The van der Waals surface area contributed by atoms with E-state index in [1.807, 2.05) is 24.3 Å². The Hall–Kier alpha value is -3.23. The number of nitrogens with one attached hydrogen (secondary N) is 1. The van der Waals surface area contributed by atoms with Gasteiger partial charge in [0, 0.05) is 36.8 Å². The first kappa shape index (κ1) is 25.4. The molecule has 0 unspecified atom stereocenters. The number of hydrogen-bond donors (Lipinski definition) is 1. The summed E-state index contributed by atoms with van der Waals surface area (Å²) in [6.07, 6.45) is -3.92. The van der Waals surface area contributed by atoms with E-state index in [0.29, 0.717) is 38.0 Å². The average molecular weight is 479 g/mol. The van der Waals surface area contributed by atoms with Gasteiger partial charge in [-0.3, -0.25) is 4.79 Å².